The highest BCUT2D eigenvalue weighted by Crippen LogP contribution is 2.32. The topological polar surface area (TPSA) is 41.6 Å². The minimum absolute atomic E-state index is 0.0744. The summed E-state index contributed by atoms with van der Waals surface area (Å²) in [6, 6.07) is 13.3. The normalized spacial score (nSPS) is 20.0. The first-order chi connectivity index (χ1) is 13.5. The van der Waals surface area contributed by atoms with Crippen LogP contribution in [0.15, 0.2) is 42.5 Å². The minimum Gasteiger partial charge on any atom is -0.497 e. The van der Waals surface area contributed by atoms with Gasteiger partial charge in [-0.3, -0.25) is 9.69 Å². The SMILES string of the molecule is CCNC(=O)C1CC(c2ccc(F)c(C)c2)CN(Cc2cccc(OC)c2)C1. The molecule has 4 nitrogen and oxygen atoms in total. The molecule has 1 aliphatic heterocycles. The third-order valence-electron chi connectivity index (χ3n) is 5.44. The Labute approximate surface area is 166 Å². The zero-order valence-electron chi connectivity index (χ0n) is 16.9. The van der Waals surface area contributed by atoms with Gasteiger partial charge in [-0.1, -0.05) is 24.3 Å². The van der Waals surface area contributed by atoms with Crippen LogP contribution in [0, 0.1) is 18.7 Å². The second kappa shape index (κ2) is 9.20. The largest absolute Gasteiger partial charge is 0.497 e. The maximum atomic E-state index is 13.7. The summed E-state index contributed by atoms with van der Waals surface area (Å²) in [5, 5.41) is 2.96. The molecule has 0 radical (unpaired) electrons. The number of carbonyl (C=O) groups excluding carboxylic acids is 1. The fourth-order valence-corrected chi connectivity index (χ4v) is 4.02. The summed E-state index contributed by atoms with van der Waals surface area (Å²) in [5.74, 6) is 0.871. The summed E-state index contributed by atoms with van der Waals surface area (Å²) in [7, 11) is 1.66. The standard InChI is InChI=1S/C23H29FN2O2/c1-4-25-23(27)20-12-19(18-8-9-22(24)16(2)10-18)14-26(15-20)13-17-6-5-7-21(11-17)28-3/h5-11,19-20H,4,12-15H2,1-3H3,(H,25,27). The van der Waals surface area contributed by atoms with E-state index < -0.39 is 0 Å². The van der Waals surface area contributed by atoms with Crippen LogP contribution in [0.4, 0.5) is 4.39 Å². The van der Waals surface area contributed by atoms with Gasteiger partial charge in [0.05, 0.1) is 13.0 Å². The van der Waals surface area contributed by atoms with E-state index in [1.807, 2.05) is 37.3 Å². The summed E-state index contributed by atoms with van der Waals surface area (Å²) < 4.78 is 19.1. The van der Waals surface area contributed by atoms with Crippen LogP contribution >= 0.6 is 0 Å². The van der Waals surface area contributed by atoms with E-state index in [9.17, 15) is 9.18 Å². The molecule has 5 heteroatoms. The van der Waals surface area contributed by atoms with Crippen molar-refractivity contribution < 1.29 is 13.9 Å². The molecule has 0 bridgehead atoms. The Kier molecular flexibility index (Phi) is 6.68. The van der Waals surface area contributed by atoms with Gasteiger partial charge in [-0.05, 0) is 61.1 Å². The van der Waals surface area contributed by atoms with Crippen molar-refractivity contribution in [2.45, 2.75) is 32.7 Å². The number of aryl methyl sites for hydroxylation is 1. The van der Waals surface area contributed by atoms with Gasteiger partial charge < -0.3 is 10.1 Å². The monoisotopic (exact) mass is 384 g/mol. The van der Waals surface area contributed by atoms with Gasteiger partial charge in [0.2, 0.25) is 5.91 Å². The second-order valence-electron chi connectivity index (χ2n) is 7.58. The van der Waals surface area contributed by atoms with Crippen molar-refractivity contribution in [1.29, 1.82) is 0 Å². The fourth-order valence-electron chi connectivity index (χ4n) is 4.02. The van der Waals surface area contributed by atoms with E-state index >= 15 is 0 Å². The molecule has 2 aromatic carbocycles. The summed E-state index contributed by atoms with van der Waals surface area (Å²) >= 11 is 0. The number of hydrogen-bond donors (Lipinski definition) is 1. The number of nitrogens with one attached hydrogen (secondary N) is 1. The summed E-state index contributed by atoms with van der Waals surface area (Å²) in [5.41, 5.74) is 2.91. The first kappa shape index (κ1) is 20.3. The molecule has 1 amide bonds. The number of methoxy groups -OCH3 is 1. The number of halogens is 1. The highest BCUT2D eigenvalue weighted by Gasteiger charge is 2.32. The van der Waals surface area contributed by atoms with Crippen LogP contribution in [0.25, 0.3) is 0 Å². The van der Waals surface area contributed by atoms with E-state index in [-0.39, 0.29) is 23.6 Å². The lowest BCUT2D eigenvalue weighted by Gasteiger charge is -2.37. The van der Waals surface area contributed by atoms with Crippen molar-refractivity contribution in [3.05, 3.63) is 65.0 Å². The smallest absolute Gasteiger partial charge is 0.224 e. The molecule has 2 aromatic rings. The molecule has 1 fully saturated rings. The van der Waals surface area contributed by atoms with Gasteiger partial charge in [-0.15, -0.1) is 0 Å². The van der Waals surface area contributed by atoms with Crippen LogP contribution < -0.4 is 10.1 Å². The first-order valence-electron chi connectivity index (χ1n) is 9.89. The summed E-state index contributed by atoms with van der Waals surface area (Å²) in [4.78, 5) is 14.9. The second-order valence-corrected chi connectivity index (χ2v) is 7.58. The molecular formula is C23H29FN2O2. The third kappa shape index (κ3) is 4.90. The van der Waals surface area contributed by atoms with Gasteiger partial charge in [0.1, 0.15) is 11.6 Å². The number of amides is 1. The zero-order valence-corrected chi connectivity index (χ0v) is 16.9. The van der Waals surface area contributed by atoms with Gasteiger partial charge in [-0.2, -0.15) is 0 Å². The third-order valence-corrected chi connectivity index (χ3v) is 5.44. The highest BCUT2D eigenvalue weighted by atomic mass is 19.1. The zero-order chi connectivity index (χ0) is 20.1. The molecule has 1 N–H and O–H groups in total. The molecule has 0 spiro atoms. The van der Waals surface area contributed by atoms with Gasteiger partial charge in [0.15, 0.2) is 0 Å². The van der Waals surface area contributed by atoms with Crippen molar-refractivity contribution in [1.82, 2.24) is 10.2 Å². The Morgan fingerprint density at radius 2 is 2.07 bits per heavy atom. The van der Waals surface area contributed by atoms with Crippen LogP contribution in [0.1, 0.15) is 36.0 Å². The molecule has 1 heterocycles. The van der Waals surface area contributed by atoms with E-state index in [0.29, 0.717) is 12.1 Å². The van der Waals surface area contributed by atoms with E-state index in [1.165, 1.54) is 6.07 Å². The Balaban J connectivity index is 1.82. The van der Waals surface area contributed by atoms with Gasteiger partial charge in [0.25, 0.3) is 0 Å². The molecule has 0 aliphatic carbocycles. The Hall–Kier alpha value is -2.40. The van der Waals surface area contributed by atoms with Crippen molar-refractivity contribution >= 4 is 5.91 Å². The maximum Gasteiger partial charge on any atom is 0.224 e. The lowest BCUT2D eigenvalue weighted by atomic mass is 9.83. The minimum atomic E-state index is -0.187. The molecule has 150 valence electrons. The van der Waals surface area contributed by atoms with Crippen LogP contribution in [0.3, 0.4) is 0 Å². The molecule has 2 unspecified atom stereocenters. The van der Waals surface area contributed by atoms with E-state index in [0.717, 1.165) is 42.9 Å². The summed E-state index contributed by atoms with van der Waals surface area (Å²) in [6.45, 7) is 6.68. The van der Waals surface area contributed by atoms with Crippen molar-refractivity contribution in [3.63, 3.8) is 0 Å². The van der Waals surface area contributed by atoms with Crippen LogP contribution in [-0.4, -0.2) is 37.6 Å². The van der Waals surface area contributed by atoms with Gasteiger partial charge in [-0.25, -0.2) is 4.39 Å². The van der Waals surface area contributed by atoms with Crippen molar-refractivity contribution in [2.24, 2.45) is 5.92 Å². The number of carbonyl (C=O) groups is 1. The number of nitrogens with zero attached hydrogens (tertiary/aromatic N) is 1. The molecule has 28 heavy (non-hydrogen) atoms. The maximum absolute atomic E-state index is 13.7. The lowest BCUT2D eigenvalue weighted by molar-refractivity contribution is -0.127. The number of hydrogen-bond acceptors (Lipinski definition) is 3. The molecular weight excluding hydrogens is 355 g/mol. The van der Waals surface area contributed by atoms with Gasteiger partial charge >= 0.3 is 0 Å². The molecule has 3 rings (SSSR count). The lowest BCUT2D eigenvalue weighted by Crippen LogP contribution is -2.45. The van der Waals surface area contributed by atoms with E-state index in [2.05, 4.69) is 16.3 Å². The molecule has 1 saturated heterocycles. The van der Waals surface area contributed by atoms with Gasteiger partial charge in [0, 0.05) is 26.2 Å². The van der Waals surface area contributed by atoms with E-state index in [1.54, 1.807) is 14.0 Å². The molecule has 0 saturated carbocycles. The van der Waals surface area contributed by atoms with E-state index in [4.69, 9.17) is 4.74 Å². The Bertz CT molecular complexity index is 824. The fraction of sp³-hybridized carbons (Fsp3) is 0.435. The molecule has 1 aliphatic rings. The summed E-state index contributed by atoms with van der Waals surface area (Å²) in [6.07, 6.45) is 0.783. The van der Waals surface area contributed by atoms with Crippen LogP contribution in [0.5, 0.6) is 5.75 Å². The number of likely N-dealkylation sites (tertiary alicyclic amines) is 1. The predicted octanol–water partition coefficient (Wildman–Crippen LogP) is 3.88. The first-order valence-corrected chi connectivity index (χ1v) is 9.89. The Morgan fingerprint density at radius 3 is 2.79 bits per heavy atom. The number of ether oxygens (including phenoxy) is 1. The highest BCUT2D eigenvalue weighted by molar-refractivity contribution is 5.79. The number of benzene rings is 2. The molecule has 2 atom stereocenters. The quantitative estimate of drug-likeness (QED) is 0.822. The van der Waals surface area contributed by atoms with Crippen LogP contribution in [-0.2, 0) is 11.3 Å². The predicted molar refractivity (Wildman–Crippen MR) is 109 cm³/mol. The average molecular weight is 384 g/mol. The van der Waals surface area contributed by atoms with Crippen molar-refractivity contribution in [3.8, 4) is 5.75 Å². The molecule has 0 aromatic heterocycles. The number of piperidine rings is 1. The Morgan fingerprint density at radius 1 is 1.25 bits per heavy atom. The number of rotatable bonds is 6. The van der Waals surface area contributed by atoms with Crippen molar-refractivity contribution in [2.75, 3.05) is 26.7 Å². The average Bonchev–Trinajstić information content (AvgIpc) is 2.70. The van der Waals surface area contributed by atoms with Crippen LogP contribution in [0.2, 0.25) is 0 Å².